The van der Waals surface area contributed by atoms with E-state index in [2.05, 4.69) is 29.1 Å². The van der Waals surface area contributed by atoms with E-state index in [1.807, 2.05) is 6.92 Å². The van der Waals surface area contributed by atoms with Crippen LogP contribution in [0.2, 0.25) is 0 Å². The number of nitrogens with zero attached hydrogens (tertiary/aromatic N) is 2. The van der Waals surface area contributed by atoms with E-state index < -0.39 is 17.5 Å². The van der Waals surface area contributed by atoms with Gasteiger partial charge in [0.05, 0.1) is 17.0 Å². The molecule has 2 aromatic heterocycles. The van der Waals surface area contributed by atoms with Crippen molar-refractivity contribution in [3.05, 3.63) is 51.9 Å². The summed E-state index contributed by atoms with van der Waals surface area (Å²) < 4.78 is 28.5. The molecule has 0 fully saturated rings. The Balaban J connectivity index is 1.82. The predicted octanol–water partition coefficient (Wildman–Crippen LogP) is 4.09. The molecule has 1 amide bonds. The molecule has 0 bridgehead atoms. The van der Waals surface area contributed by atoms with Crippen LogP contribution in [0.25, 0.3) is 11.0 Å². The van der Waals surface area contributed by atoms with Crippen molar-refractivity contribution in [2.45, 2.75) is 38.9 Å². The molecule has 1 aromatic carbocycles. The highest BCUT2D eigenvalue weighted by Gasteiger charge is 2.16. The molecule has 0 spiro atoms. The van der Waals surface area contributed by atoms with Crippen molar-refractivity contribution >= 4 is 34.4 Å². The predicted molar refractivity (Wildman–Crippen MR) is 110 cm³/mol. The second-order valence-electron chi connectivity index (χ2n) is 7.21. The molecule has 0 unspecified atom stereocenters. The number of fused-ring (bicyclic) bond motifs is 1. The SMILES string of the molecule is Cc1cc2nc(SCC(=O)Nc3cc(F)ccc3F)n(CCC(C)C)c(=O)c2[nH]1. The van der Waals surface area contributed by atoms with Crippen LogP contribution in [0.15, 0.2) is 34.2 Å². The van der Waals surface area contributed by atoms with Gasteiger partial charge in [0.1, 0.15) is 17.2 Å². The Labute approximate surface area is 170 Å². The van der Waals surface area contributed by atoms with Crippen molar-refractivity contribution in [1.82, 2.24) is 14.5 Å². The molecular weight excluding hydrogens is 398 g/mol. The monoisotopic (exact) mass is 420 g/mol. The Morgan fingerprint density at radius 2 is 2.07 bits per heavy atom. The molecule has 0 atom stereocenters. The van der Waals surface area contributed by atoms with Gasteiger partial charge in [0.15, 0.2) is 5.16 Å². The first-order valence-corrected chi connectivity index (χ1v) is 10.2. The van der Waals surface area contributed by atoms with E-state index in [0.29, 0.717) is 28.7 Å². The van der Waals surface area contributed by atoms with Crippen LogP contribution < -0.4 is 10.9 Å². The topological polar surface area (TPSA) is 79.8 Å². The van der Waals surface area contributed by atoms with Gasteiger partial charge in [0.2, 0.25) is 5.91 Å². The third-order valence-electron chi connectivity index (χ3n) is 4.30. The van der Waals surface area contributed by atoms with Crippen LogP contribution in [0.4, 0.5) is 14.5 Å². The highest BCUT2D eigenvalue weighted by Crippen LogP contribution is 2.21. The Bertz CT molecular complexity index is 1110. The van der Waals surface area contributed by atoms with Gasteiger partial charge in [-0.1, -0.05) is 25.6 Å². The van der Waals surface area contributed by atoms with Crippen LogP contribution in [0.1, 0.15) is 26.0 Å². The molecule has 0 saturated heterocycles. The molecule has 154 valence electrons. The number of amides is 1. The van der Waals surface area contributed by atoms with Crippen molar-refractivity contribution in [2.24, 2.45) is 5.92 Å². The number of nitrogens with one attached hydrogen (secondary N) is 2. The van der Waals surface area contributed by atoms with Crippen molar-refractivity contribution in [3.63, 3.8) is 0 Å². The van der Waals surface area contributed by atoms with Gasteiger partial charge in [-0.2, -0.15) is 0 Å². The minimum absolute atomic E-state index is 0.0982. The van der Waals surface area contributed by atoms with E-state index in [1.165, 1.54) is 0 Å². The van der Waals surface area contributed by atoms with Crippen LogP contribution in [-0.4, -0.2) is 26.2 Å². The highest BCUT2D eigenvalue weighted by molar-refractivity contribution is 7.99. The summed E-state index contributed by atoms with van der Waals surface area (Å²) in [6, 6.07) is 4.62. The molecule has 29 heavy (non-hydrogen) atoms. The molecule has 6 nitrogen and oxygen atoms in total. The molecule has 0 aliphatic rings. The lowest BCUT2D eigenvalue weighted by Gasteiger charge is -2.13. The number of hydrogen-bond acceptors (Lipinski definition) is 4. The summed E-state index contributed by atoms with van der Waals surface area (Å²) >= 11 is 1.08. The van der Waals surface area contributed by atoms with Crippen molar-refractivity contribution in [3.8, 4) is 0 Å². The van der Waals surface area contributed by atoms with Crippen LogP contribution in [0.3, 0.4) is 0 Å². The number of benzene rings is 1. The number of carbonyl (C=O) groups is 1. The number of anilines is 1. The minimum atomic E-state index is -0.721. The quantitative estimate of drug-likeness (QED) is 0.446. The van der Waals surface area contributed by atoms with Gasteiger partial charge >= 0.3 is 0 Å². The third kappa shape index (κ3) is 5.03. The Hall–Kier alpha value is -2.68. The number of thioether (sulfide) groups is 1. The number of carbonyl (C=O) groups excluding carboxylic acids is 1. The second-order valence-corrected chi connectivity index (χ2v) is 8.15. The van der Waals surface area contributed by atoms with Crippen molar-refractivity contribution in [2.75, 3.05) is 11.1 Å². The van der Waals surface area contributed by atoms with Gasteiger partial charge in [0, 0.05) is 18.3 Å². The summed E-state index contributed by atoms with van der Waals surface area (Å²) in [7, 11) is 0. The summed E-state index contributed by atoms with van der Waals surface area (Å²) in [6.45, 7) is 6.43. The summed E-state index contributed by atoms with van der Waals surface area (Å²) in [6.07, 6.45) is 0.779. The Morgan fingerprint density at radius 3 is 2.79 bits per heavy atom. The van der Waals surface area contributed by atoms with Gasteiger partial charge in [-0.3, -0.25) is 14.2 Å². The average Bonchev–Trinajstić information content (AvgIpc) is 3.03. The van der Waals surface area contributed by atoms with Crippen LogP contribution in [0, 0.1) is 24.5 Å². The molecule has 0 radical (unpaired) electrons. The summed E-state index contributed by atoms with van der Waals surface area (Å²) in [5, 5.41) is 2.76. The maximum absolute atomic E-state index is 13.7. The molecule has 0 aliphatic carbocycles. The van der Waals surface area contributed by atoms with Gasteiger partial charge in [0.25, 0.3) is 5.56 Å². The minimum Gasteiger partial charge on any atom is -0.353 e. The second kappa shape index (κ2) is 8.77. The zero-order valence-electron chi connectivity index (χ0n) is 16.4. The molecule has 2 heterocycles. The lowest BCUT2D eigenvalue weighted by atomic mass is 10.1. The Kier molecular flexibility index (Phi) is 6.36. The smallest absolute Gasteiger partial charge is 0.278 e. The lowest BCUT2D eigenvalue weighted by Crippen LogP contribution is -2.25. The molecule has 0 aliphatic heterocycles. The fourth-order valence-corrected chi connectivity index (χ4v) is 3.64. The largest absolute Gasteiger partial charge is 0.353 e. The maximum atomic E-state index is 13.7. The number of halogens is 2. The van der Waals surface area contributed by atoms with Crippen molar-refractivity contribution in [1.29, 1.82) is 0 Å². The highest BCUT2D eigenvalue weighted by atomic mass is 32.2. The number of H-pyrrole nitrogens is 1. The molecule has 3 rings (SSSR count). The third-order valence-corrected chi connectivity index (χ3v) is 5.28. The van der Waals surface area contributed by atoms with E-state index in [0.717, 1.165) is 42.1 Å². The van der Waals surface area contributed by atoms with Crippen LogP contribution in [-0.2, 0) is 11.3 Å². The number of rotatable bonds is 7. The maximum Gasteiger partial charge on any atom is 0.278 e. The number of aryl methyl sites for hydroxylation is 1. The van der Waals surface area contributed by atoms with E-state index >= 15 is 0 Å². The van der Waals surface area contributed by atoms with Gasteiger partial charge in [-0.05, 0) is 37.5 Å². The van der Waals surface area contributed by atoms with E-state index in [1.54, 1.807) is 10.6 Å². The molecule has 2 N–H and O–H groups in total. The first kappa shape index (κ1) is 21.0. The standard InChI is InChI=1S/C20H22F2N4O2S/c1-11(2)6-7-26-19(28)18-16(8-12(3)23-18)25-20(26)29-10-17(27)24-15-9-13(21)4-5-14(15)22/h4-5,8-9,11,23H,6-7,10H2,1-3H3,(H,24,27). The average molecular weight is 420 g/mol. The normalized spacial score (nSPS) is 11.4. The Morgan fingerprint density at radius 1 is 1.31 bits per heavy atom. The van der Waals surface area contributed by atoms with E-state index in [9.17, 15) is 18.4 Å². The number of aromatic amines is 1. The summed E-state index contributed by atoms with van der Waals surface area (Å²) in [5.41, 5.74) is 1.37. The van der Waals surface area contributed by atoms with Gasteiger partial charge in [-0.25, -0.2) is 13.8 Å². The van der Waals surface area contributed by atoms with Gasteiger partial charge in [-0.15, -0.1) is 0 Å². The first-order valence-electron chi connectivity index (χ1n) is 9.22. The molecular formula is C20H22F2N4O2S. The molecule has 0 saturated carbocycles. The number of hydrogen-bond donors (Lipinski definition) is 2. The fraction of sp³-hybridized carbons (Fsp3) is 0.350. The lowest BCUT2D eigenvalue weighted by molar-refractivity contribution is -0.113. The molecule has 3 aromatic rings. The van der Waals surface area contributed by atoms with Crippen molar-refractivity contribution < 1.29 is 13.6 Å². The van der Waals surface area contributed by atoms with E-state index in [-0.39, 0.29) is 17.0 Å². The fourth-order valence-electron chi connectivity index (χ4n) is 2.82. The molecule has 9 heteroatoms. The summed E-state index contributed by atoms with van der Waals surface area (Å²) in [4.78, 5) is 32.7. The van der Waals surface area contributed by atoms with Crippen LogP contribution >= 0.6 is 11.8 Å². The van der Waals surface area contributed by atoms with E-state index in [4.69, 9.17) is 0 Å². The first-order chi connectivity index (χ1) is 13.7. The summed E-state index contributed by atoms with van der Waals surface area (Å²) in [5.74, 6) is -1.60. The van der Waals surface area contributed by atoms with Crippen LogP contribution in [0.5, 0.6) is 0 Å². The zero-order valence-corrected chi connectivity index (χ0v) is 17.2. The zero-order chi connectivity index (χ0) is 21.1. The number of aromatic nitrogens is 3. The van der Waals surface area contributed by atoms with Gasteiger partial charge < -0.3 is 10.3 Å².